The van der Waals surface area contributed by atoms with E-state index in [2.05, 4.69) is 29.5 Å². The number of benzene rings is 1. The highest BCUT2D eigenvalue weighted by molar-refractivity contribution is 7.99. The Morgan fingerprint density at radius 2 is 2.21 bits per heavy atom. The zero-order valence-electron chi connectivity index (χ0n) is 11.6. The van der Waals surface area contributed by atoms with Gasteiger partial charge in [-0.15, -0.1) is 0 Å². The highest BCUT2D eigenvalue weighted by Crippen LogP contribution is 2.27. The molecule has 0 amide bonds. The Balaban J connectivity index is 2.11. The van der Waals surface area contributed by atoms with Gasteiger partial charge in [0.2, 0.25) is 0 Å². The van der Waals surface area contributed by atoms with Crippen LogP contribution in [0.15, 0.2) is 24.3 Å². The predicted octanol–water partition coefficient (Wildman–Crippen LogP) is 1.64. The number of nitrogens with one attached hydrogen (secondary N) is 1. The zero-order chi connectivity index (χ0) is 13.7. The van der Waals surface area contributed by atoms with Crippen molar-refractivity contribution in [1.82, 2.24) is 10.3 Å². The molecule has 2 atom stereocenters. The number of nitrogens with two attached hydrogens (primary N) is 1. The second-order valence-electron chi connectivity index (χ2n) is 4.77. The van der Waals surface area contributed by atoms with Crippen molar-refractivity contribution >= 4 is 11.8 Å². The number of ether oxygens (including phenoxy) is 1. The maximum Gasteiger partial charge on any atom is 0.119 e. The molecule has 0 aromatic heterocycles. The lowest BCUT2D eigenvalue weighted by Gasteiger charge is -2.37. The van der Waals surface area contributed by atoms with Gasteiger partial charge < -0.3 is 4.74 Å². The van der Waals surface area contributed by atoms with E-state index in [1.54, 1.807) is 0 Å². The van der Waals surface area contributed by atoms with E-state index in [0.717, 1.165) is 18.0 Å². The molecule has 1 saturated heterocycles. The molecular formula is C14H23N3OS. The SMILES string of the molecule is CCOc1ccc(C(NN)C2CSCCN2C)cc1. The van der Waals surface area contributed by atoms with E-state index in [1.807, 2.05) is 30.8 Å². The molecule has 106 valence electrons. The molecular weight excluding hydrogens is 258 g/mol. The van der Waals surface area contributed by atoms with Crippen LogP contribution in [0.4, 0.5) is 0 Å². The molecule has 0 spiro atoms. The van der Waals surface area contributed by atoms with E-state index in [9.17, 15) is 0 Å². The molecule has 19 heavy (non-hydrogen) atoms. The van der Waals surface area contributed by atoms with Crippen LogP contribution in [0, 0.1) is 0 Å². The Morgan fingerprint density at radius 3 is 2.79 bits per heavy atom. The summed E-state index contributed by atoms with van der Waals surface area (Å²) in [6.45, 7) is 3.80. The first-order valence-corrected chi connectivity index (χ1v) is 7.88. The topological polar surface area (TPSA) is 50.5 Å². The fourth-order valence-electron chi connectivity index (χ4n) is 2.42. The van der Waals surface area contributed by atoms with E-state index >= 15 is 0 Å². The summed E-state index contributed by atoms with van der Waals surface area (Å²) >= 11 is 1.99. The molecule has 3 N–H and O–H groups in total. The maximum absolute atomic E-state index is 5.78. The van der Waals surface area contributed by atoms with Gasteiger partial charge in [-0.1, -0.05) is 12.1 Å². The van der Waals surface area contributed by atoms with E-state index in [4.69, 9.17) is 10.6 Å². The fraction of sp³-hybridized carbons (Fsp3) is 0.571. The van der Waals surface area contributed by atoms with Crippen molar-refractivity contribution in [2.45, 2.75) is 19.0 Å². The van der Waals surface area contributed by atoms with Gasteiger partial charge in [0.05, 0.1) is 12.6 Å². The van der Waals surface area contributed by atoms with E-state index in [0.29, 0.717) is 12.6 Å². The van der Waals surface area contributed by atoms with E-state index in [-0.39, 0.29) is 6.04 Å². The van der Waals surface area contributed by atoms with Gasteiger partial charge in [0.15, 0.2) is 0 Å². The summed E-state index contributed by atoms with van der Waals surface area (Å²) in [5.41, 5.74) is 4.19. The minimum Gasteiger partial charge on any atom is -0.494 e. The van der Waals surface area contributed by atoms with Gasteiger partial charge in [0.25, 0.3) is 0 Å². The Labute approximate surface area is 119 Å². The first-order chi connectivity index (χ1) is 9.26. The van der Waals surface area contributed by atoms with Gasteiger partial charge >= 0.3 is 0 Å². The fourth-order valence-corrected chi connectivity index (χ4v) is 3.70. The lowest BCUT2D eigenvalue weighted by Crippen LogP contribution is -2.49. The zero-order valence-corrected chi connectivity index (χ0v) is 12.5. The lowest BCUT2D eigenvalue weighted by atomic mass is 9.99. The third-order valence-corrected chi connectivity index (χ3v) is 4.61. The molecule has 1 heterocycles. The number of rotatable bonds is 5. The molecule has 0 aliphatic carbocycles. The summed E-state index contributed by atoms with van der Waals surface area (Å²) in [7, 11) is 2.17. The largest absolute Gasteiger partial charge is 0.494 e. The third-order valence-electron chi connectivity index (χ3n) is 3.56. The highest BCUT2D eigenvalue weighted by Gasteiger charge is 2.28. The van der Waals surface area contributed by atoms with E-state index < -0.39 is 0 Å². The van der Waals surface area contributed by atoms with Crippen molar-refractivity contribution < 1.29 is 4.74 Å². The molecule has 1 aromatic carbocycles. The second kappa shape index (κ2) is 7.14. The van der Waals surface area contributed by atoms with Crippen molar-refractivity contribution in [3.8, 4) is 5.75 Å². The minimum atomic E-state index is 0.161. The molecule has 4 nitrogen and oxygen atoms in total. The smallest absolute Gasteiger partial charge is 0.119 e. The van der Waals surface area contributed by atoms with Gasteiger partial charge in [-0.3, -0.25) is 16.2 Å². The van der Waals surface area contributed by atoms with Crippen LogP contribution in [-0.2, 0) is 0 Å². The maximum atomic E-state index is 5.78. The summed E-state index contributed by atoms with van der Waals surface area (Å²) in [5.74, 6) is 9.00. The standard InChI is InChI=1S/C14H23N3OS/c1-3-18-12-6-4-11(5-7-12)14(16-15)13-10-19-9-8-17(13)2/h4-7,13-14,16H,3,8-10,15H2,1-2H3. The van der Waals surface area contributed by atoms with Crippen molar-refractivity contribution in [2.75, 3.05) is 31.7 Å². The van der Waals surface area contributed by atoms with Crippen LogP contribution in [0.3, 0.4) is 0 Å². The number of likely N-dealkylation sites (N-methyl/N-ethyl adjacent to an activating group) is 1. The van der Waals surface area contributed by atoms with Crippen LogP contribution < -0.4 is 16.0 Å². The van der Waals surface area contributed by atoms with Crippen LogP contribution in [0.25, 0.3) is 0 Å². The Hall–Kier alpha value is -0.750. The van der Waals surface area contributed by atoms with Crippen LogP contribution in [-0.4, -0.2) is 42.6 Å². The first-order valence-electron chi connectivity index (χ1n) is 6.73. The number of hydrazine groups is 1. The average molecular weight is 281 g/mol. The summed E-state index contributed by atoms with van der Waals surface area (Å²) in [6.07, 6.45) is 0. The molecule has 0 radical (unpaired) electrons. The van der Waals surface area contributed by atoms with Crippen LogP contribution >= 0.6 is 11.8 Å². The average Bonchev–Trinajstić information content (AvgIpc) is 2.44. The lowest BCUT2D eigenvalue weighted by molar-refractivity contribution is 0.216. The summed E-state index contributed by atoms with van der Waals surface area (Å²) < 4.78 is 5.47. The summed E-state index contributed by atoms with van der Waals surface area (Å²) in [6, 6.07) is 8.82. The summed E-state index contributed by atoms with van der Waals surface area (Å²) in [4.78, 5) is 2.39. The molecule has 0 saturated carbocycles. The number of hydrogen-bond donors (Lipinski definition) is 2. The Bertz CT molecular complexity index is 385. The van der Waals surface area contributed by atoms with Gasteiger partial charge in [-0.25, -0.2) is 0 Å². The molecule has 2 rings (SSSR count). The number of nitrogens with zero attached hydrogens (tertiary/aromatic N) is 1. The normalized spacial score (nSPS) is 22.2. The first kappa shape index (κ1) is 14.7. The van der Waals surface area contributed by atoms with Gasteiger partial charge in [0.1, 0.15) is 5.75 Å². The molecule has 1 aliphatic rings. The Kier molecular flexibility index (Phi) is 5.51. The minimum absolute atomic E-state index is 0.161. The molecule has 1 aromatic rings. The quantitative estimate of drug-likeness (QED) is 0.635. The van der Waals surface area contributed by atoms with E-state index in [1.165, 1.54) is 11.3 Å². The van der Waals surface area contributed by atoms with Gasteiger partial charge in [-0.05, 0) is 31.7 Å². The highest BCUT2D eigenvalue weighted by atomic mass is 32.2. The van der Waals surface area contributed by atoms with Gasteiger partial charge in [-0.2, -0.15) is 11.8 Å². The van der Waals surface area contributed by atoms with Crippen molar-refractivity contribution in [2.24, 2.45) is 5.84 Å². The molecule has 0 bridgehead atoms. The molecule has 1 fully saturated rings. The predicted molar refractivity (Wildman–Crippen MR) is 81.4 cm³/mol. The second-order valence-corrected chi connectivity index (χ2v) is 5.92. The number of thioether (sulfide) groups is 1. The van der Waals surface area contributed by atoms with Crippen LogP contribution in [0.1, 0.15) is 18.5 Å². The van der Waals surface area contributed by atoms with Crippen molar-refractivity contribution in [1.29, 1.82) is 0 Å². The van der Waals surface area contributed by atoms with Crippen molar-refractivity contribution in [3.63, 3.8) is 0 Å². The third kappa shape index (κ3) is 3.63. The van der Waals surface area contributed by atoms with Gasteiger partial charge in [0, 0.05) is 24.1 Å². The van der Waals surface area contributed by atoms with Crippen LogP contribution in [0.2, 0.25) is 0 Å². The number of hydrogen-bond acceptors (Lipinski definition) is 5. The molecule has 1 aliphatic heterocycles. The van der Waals surface area contributed by atoms with Crippen LogP contribution in [0.5, 0.6) is 5.75 Å². The molecule has 2 unspecified atom stereocenters. The summed E-state index contributed by atoms with van der Waals surface area (Å²) in [5, 5.41) is 0. The Morgan fingerprint density at radius 1 is 1.47 bits per heavy atom. The monoisotopic (exact) mass is 281 g/mol. The molecule has 5 heteroatoms. The van der Waals surface area contributed by atoms with Crippen molar-refractivity contribution in [3.05, 3.63) is 29.8 Å².